The smallest absolute Gasteiger partial charge is 0.354 e. The number of carboxylic acids is 1. The highest BCUT2D eigenvalue weighted by molar-refractivity contribution is 5.85. The second kappa shape index (κ2) is 4.65. The zero-order valence-corrected chi connectivity index (χ0v) is 9.46. The minimum absolute atomic E-state index is 0.278. The van der Waals surface area contributed by atoms with Crippen molar-refractivity contribution >= 4 is 5.97 Å². The van der Waals surface area contributed by atoms with Gasteiger partial charge in [-0.25, -0.2) is 4.79 Å². The third-order valence-electron chi connectivity index (χ3n) is 3.28. The van der Waals surface area contributed by atoms with Gasteiger partial charge in [-0.05, 0) is 38.9 Å². The Morgan fingerprint density at radius 1 is 1.69 bits per heavy atom. The number of rotatable bonds is 4. The molecule has 1 saturated heterocycles. The molecular weight excluding hydrogens is 206 g/mol. The third kappa shape index (κ3) is 2.24. The van der Waals surface area contributed by atoms with Gasteiger partial charge in [0.2, 0.25) is 0 Å². The van der Waals surface area contributed by atoms with Crippen molar-refractivity contribution in [3.63, 3.8) is 0 Å². The number of aryl methyl sites for hydroxylation is 1. The molecule has 1 aliphatic rings. The van der Waals surface area contributed by atoms with Crippen LogP contribution < -0.4 is 0 Å². The minimum Gasteiger partial charge on any atom is -0.477 e. The molecule has 1 aromatic rings. The fourth-order valence-electron chi connectivity index (χ4n) is 2.31. The number of aromatic nitrogens is 2. The molecule has 0 spiro atoms. The number of nitrogens with zero attached hydrogens (tertiary/aromatic N) is 3. The van der Waals surface area contributed by atoms with E-state index < -0.39 is 5.97 Å². The Bertz CT molecular complexity index is 375. The summed E-state index contributed by atoms with van der Waals surface area (Å²) >= 11 is 0. The Kier molecular flexibility index (Phi) is 3.24. The predicted molar refractivity (Wildman–Crippen MR) is 59.5 cm³/mol. The lowest BCUT2D eigenvalue weighted by Crippen LogP contribution is -2.26. The molecule has 0 aromatic carbocycles. The van der Waals surface area contributed by atoms with Crippen LogP contribution in [0.2, 0.25) is 0 Å². The molecular formula is C11H17N3O2. The Balaban J connectivity index is 1.94. The summed E-state index contributed by atoms with van der Waals surface area (Å²) < 4.78 is 1.58. The molecule has 5 nitrogen and oxygen atoms in total. The first-order valence-corrected chi connectivity index (χ1v) is 5.64. The van der Waals surface area contributed by atoms with E-state index in [1.165, 1.54) is 12.8 Å². The Morgan fingerprint density at radius 3 is 3.12 bits per heavy atom. The quantitative estimate of drug-likeness (QED) is 0.829. The van der Waals surface area contributed by atoms with Crippen molar-refractivity contribution in [2.75, 3.05) is 13.6 Å². The van der Waals surface area contributed by atoms with Crippen LogP contribution in [0.25, 0.3) is 0 Å². The van der Waals surface area contributed by atoms with E-state index in [1.807, 2.05) is 0 Å². The maximum atomic E-state index is 10.9. The first kappa shape index (κ1) is 11.1. The Hall–Kier alpha value is -1.36. The summed E-state index contributed by atoms with van der Waals surface area (Å²) in [5, 5.41) is 13.0. The number of carboxylic acid groups (broad SMARTS) is 1. The summed E-state index contributed by atoms with van der Waals surface area (Å²) in [7, 11) is 2.12. The lowest BCUT2D eigenvalue weighted by atomic mass is 10.1. The summed E-state index contributed by atoms with van der Waals surface area (Å²) in [6.07, 6.45) is 4.96. The fraction of sp³-hybridized carbons (Fsp3) is 0.636. The van der Waals surface area contributed by atoms with E-state index in [0.717, 1.165) is 13.0 Å². The maximum absolute atomic E-state index is 10.9. The van der Waals surface area contributed by atoms with Crippen LogP contribution >= 0.6 is 0 Å². The highest BCUT2D eigenvalue weighted by Crippen LogP contribution is 2.18. The molecule has 0 amide bonds. The van der Waals surface area contributed by atoms with E-state index >= 15 is 0 Å². The number of hydrogen-bond donors (Lipinski definition) is 1. The van der Waals surface area contributed by atoms with Gasteiger partial charge in [-0.3, -0.25) is 4.68 Å². The van der Waals surface area contributed by atoms with Gasteiger partial charge in [-0.1, -0.05) is 0 Å². The molecule has 16 heavy (non-hydrogen) atoms. The molecule has 2 rings (SSSR count). The second-order valence-corrected chi connectivity index (χ2v) is 4.31. The van der Waals surface area contributed by atoms with Gasteiger partial charge in [-0.2, -0.15) is 5.10 Å². The van der Waals surface area contributed by atoms with Crippen LogP contribution in [0.5, 0.6) is 0 Å². The van der Waals surface area contributed by atoms with E-state index in [9.17, 15) is 4.79 Å². The average molecular weight is 223 g/mol. The first-order valence-electron chi connectivity index (χ1n) is 5.64. The summed E-state index contributed by atoms with van der Waals surface area (Å²) in [5.41, 5.74) is 0.278. The minimum atomic E-state index is -0.905. The van der Waals surface area contributed by atoms with E-state index in [1.54, 1.807) is 16.9 Å². The number of likely N-dealkylation sites (tertiary alicyclic amines) is 1. The van der Waals surface area contributed by atoms with Gasteiger partial charge >= 0.3 is 5.97 Å². The standard InChI is InChI=1S/C11H17N3O2/c1-13-7-2-3-9(13)5-8-14-10(11(15)16)4-6-12-14/h4,6,9H,2-3,5,7-8H2,1H3,(H,15,16)/t9-/m0/s1. The van der Waals surface area contributed by atoms with Gasteiger partial charge in [0.25, 0.3) is 0 Å². The lowest BCUT2D eigenvalue weighted by Gasteiger charge is -2.19. The van der Waals surface area contributed by atoms with Crippen molar-refractivity contribution in [1.82, 2.24) is 14.7 Å². The van der Waals surface area contributed by atoms with Gasteiger partial charge in [0.1, 0.15) is 5.69 Å². The van der Waals surface area contributed by atoms with Crippen LogP contribution in [0, 0.1) is 0 Å². The van der Waals surface area contributed by atoms with Gasteiger partial charge in [0.15, 0.2) is 0 Å². The van der Waals surface area contributed by atoms with Crippen molar-refractivity contribution in [3.8, 4) is 0 Å². The molecule has 1 fully saturated rings. The lowest BCUT2D eigenvalue weighted by molar-refractivity contribution is 0.0682. The second-order valence-electron chi connectivity index (χ2n) is 4.31. The number of aromatic carboxylic acids is 1. The monoisotopic (exact) mass is 223 g/mol. The van der Waals surface area contributed by atoms with E-state index in [2.05, 4.69) is 17.0 Å². The third-order valence-corrected chi connectivity index (χ3v) is 3.28. The Morgan fingerprint density at radius 2 is 2.50 bits per heavy atom. The van der Waals surface area contributed by atoms with Crippen molar-refractivity contribution < 1.29 is 9.90 Å². The van der Waals surface area contributed by atoms with Crippen molar-refractivity contribution in [2.45, 2.75) is 31.8 Å². The molecule has 1 N–H and O–H groups in total. The number of carbonyl (C=O) groups is 1. The van der Waals surface area contributed by atoms with Crippen LogP contribution in [0.1, 0.15) is 29.8 Å². The van der Waals surface area contributed by atoms with Gasteiger partial charge in [-0.15, -0.1) is 0 Å². The zero-order chi connectivity index (χ0) is 11.5. The summed E-state index contributed by atoms with van der Waals surface area (Å²) in [6.45, 7) is 1.83. The average Bonchev–Trinajstić information content (AvgIpc) is 2.83. The molecule has 88 valence electrons. The molecule has 1 aromatic heterocycles. The maximum Gasteiger partial charge on any atom is 0.354 e. The van der Waals surface area contributed by atoms with Crippen molar-refractivity contribution in [3.05, 3.63) is 18.0 Å². The van der Waals surface area contributed by atoms with Crippen molar-refractivity contribution in [2.24, 2.45) is 0 Å². The van der Waals surface area contributed by atoms with Crippen LogP contribution in [-0.4, -0.2) is 45.4 Å². The van der Waals surface area contributed by atoms with Crippen LogP contribution in [0.15, 0.2) is 12.3 Å². The van der Waals surface area contributed by atoms with Crippen molar-refractivity contribution in [1.29, 1.82) is 0 Å². The molecule has 0 bridgehead atoms. The number of hydrogen-bond acceptors (Lipinski definition) is 3. The fourth-order valence-corrected chi connectivity index (χ4v) is 2.31. The van der Waals surface area contributed by atoms with Crippen LogP contribution in [-0.2, 0) is 6.54 Å². The highest BCUT2D eigenvalue weighted by atomic mass is 16.4. The first-order chi connectivity index (χ1) is 7.68. The largest absolute Gasteiger partial charge is 0.477 e. The molecule has 1 atom stereocenters. The SMILES string of the molecule is CN1CCC[C@H]1CCn1nccc1C(=O)O. The Labute approximate surface area is 94.7 Å². The van der Waals surface area contributed by atoms with Gasteiger partial charge in [0.05, 0.1) is 0 Å². The summed E-state index contributed by atoms with van der Waals surface area (Å²) in [4.78, 5) is 13.2. The topological polar surface area (TPSA) is 58.4 Å². The summed E-state index contributed by atoms with van der Waals surface area (Å²) in [5.74, 6) is -0.905. The normalized spacial score (nSPS) is 21.4. The molecule has 1 aliphatic heterocycles. The van der Waals surface area contributed by atoms with Gasteiger partial charge < -0.3 is 10.0 Å². The predicted octanol–water partition coefficient (Wildman–Crippen LogP) is 1.07. The zero-order valence-electron chi connectivity index (χ0n) is 9.46. The van der Waals surface area contributed by atoms with Crippen LogP contribution in [0.4, 0.5) is 0 Å². The summed E-state index contributed by atoms with van der Waals surface area (Å²) in [6, 6.07) is 2.12. The van der Waals surface area contributed by atoms with Crippen LogP contribution in [0.3, 0.4) is 0 Å². The molecule has 0 saturated carbocycles. The molecule has 0 unspecified atom stereocenters. The molecule has 0 aliphatic carbocycles. The molecule has 2 heterocycles. The van der Waals surface area contributed by atoms with E-state index in [0.29, 0.717) is 12.6 Å². The highest BCUT2D eigenvalue weighted by Gasteiger charge is 2.21. The van der Waals surface area contributed by atoms with E-state index in [4.69, 9.17) is 5.11 Å². The molecule has 0 radical (unpaired) electrons. The van der Waals surface area contributed by atoms with Gasteiger partial charge in [0, 0.05) is 18.8 Å². The molecule has 5 heteroatoms. The van der Waals surface area contributed by atoms with E-state index in [-0.39, 0.29) is 5.69 Å².